The highest BCUT2D eigenvalue weighted by Crippen LogP contribution is 2.24. The van der Waals surface area contributed by atoms with Crippen LogP contribution in [0.15, 0.2) is 36.4 Å². The number of anilines is 1. The van der Waals surface area contributed by atoms with Gasteiger partial charge in [0.05, 0.1) is 18.8 Å². The van der Waals surface area contributed by atoms with E-state index in [9.17, 15) is 14.3 Å². The number of nitrogens with one attached hydrogen (secondary N) is 1. The van der Waals surface area contributed by atoms with Gasteiger partial charge in [-0.2, -0.15) is 0 Å². The summed E-state index contributed by atoms with van der Waals surface area (Å²) in [6, 6.07) is 9.58. The molecule has 116 valence electrons. The normalized spacial score (nSPS) is 10.4. The number of aryl methyl sites for hydroxylation is 1. The van der Waals surface area contributed by atoms with Crippen molar-refractivity contribution in [1.82, 2.24) is 0 Å². The Balaban J connectivity index is 2.23. The first-order chi connectivity index (χ1) is 10.6. The molecule has 0 aliphatic heterocycles. The number of carbonyl (C=O) groups excluding carboxylic acids is 1. The van der Waals surface area contributed by atoms with Gasteiger partial charge < -0.3 is 15.2 Å². The van der Waals surface area contributed by atoms with Gasteiger partial charge in [0.1, 0.15) is 11.6 Å². The van der Waals surface area contributed by atoms with Crippen LogP contribution in [0.25, 0.3) is 0 Å². The van der Waals surface area contributed by atoms with E-state index in [-0.39, 0.29) is 12.2 Å². The van der Waals surface area contributed by atoms with E-state index in [2.05, 4.69) is 5.32 Å². The van der Waals surface area contributed by atoms with Gasteiger partial charge in [-0.3, -0.25) is 4.79 Å². The second-order valence-electron chi connectivity index (χ2n) is 4.80. The minimum atomic E-state index is -0.534. The molecule has 0 bridgehead atoms. The van der Waals surface area contributed by atoms with Crippen molar-refractivity contribution in [1.29, 1.82) is 0 Å². The topological polar surface area (TPSA) is 58.6 Å². The van der Waals surface area contributed by atoms with E-state index in [0.29, 0.717) is 29.2 Å². The molecular formula is C17H18FNO3. The van der Waals surface area contributed by atoms with E-state index in [1.807, 2.05) is 6.92 Å². The molecule has 0 aliphatic rings. The summed E-state index contributed by atoms with van der Waals surface area (Å²) in [6.07, 6.45) is 0. The van der Waals surface area contributed by atoms with Crippen molar-refractivity contribution >= 4 is 11.6 Å². The third-order valence-electron chi connectivity index (χ3n) is 3.22. The Kier molecular flexibility index (Phi) is 5.12. The summed E-state index contributed by atoms with van der Waals surface area (Å²) in [5.41, 5.74) is 1.43. The highest BCUT2D eigenvalue weighted by Gasteiger charge is 2.14. The van der Waals surface area contributed by atoms with Gasteiger partial charge in [-0.1, -0.05) is 12.1 Å². The first kappa shape index (κ1) is 16.0. The number of aliphatic hydroxyl groups excluding tert-OH is 1. The molecule has 0 radical (unpaired) electrons. The van der Waals surface area contributed by atoms with Crippen LogP contribution in [0.2, 0.25) is 0 Å². The lowest BCUT2D eigenvalue weighted by Crippen LogP contribution is -2.14. The van der Waals surface area contributed by atoms with Crippen LogP contribution < -0.4 is 10.1 Å². The molecule has 0 fully saturated rings. The van der Waals surface area contributed by atoms with Gasteiger partial charge in [0.2, 0.25) is 0 Å². The van der Waals surface area contributed by atoms with E-state index in [4.69, 9.17) is 4.74 Å². The van der Waals surface area contributed by atoms with Crippen LogP contribution in [0.5, 0.6) is 5.75 Å². The summed E-state index contributed by atoms with van der Waals surface area (Å²) >= 11 is 0. The molecule has 0 saturated heterocycles. The molecule has 0 spiro atoms. The van der Waals surface area contributed by atoms with Crippen molar-refractivity contribution in [2.24, 2.45) is 0 Å². The lowest BCUT2D eigenvalue weighted by molar-refractivity contribution is 0.102. The highest BCUT2D eigenvalue weighted by molar-refractivity contribution is 6.04. The Morgan fingerprint density at radius 2 is 2.09 bits per heavy atom. The number of halogens is 1. The van der Waals surface area contributed by atoms with Gasteiger partial charge >= 0.3 is 0 Å². The summed E-state index contributed by atoms with van der Waals surface area (Å²) < 4.78 is 19.3. The van der Waals surface area contributed by atoms with Crippen molar-refractivity contribution in [3.63, 3.8) is 0 Å². The van der Waals surface area contributed by atoms with Crippen molar-refractivity contribution in [2.45, 2.75) is 20.5 Å². The summed E-state index contributed by atoms with van der Waals surface area (Å²) in [5.74, 6) is -0.507. The van der Waals surface area contributed by atoms with Gasteiger partial charge in [-0.15, -0.1) is 0 Å². The molecule has 0 atom stereocenters. The third kappa shape index (κ3) is 3.43. The van der Waals surface area contributed by atoms with Crippen LogP contribution >= 0.6 is 0 Å². The van der Waals surface area contributed by atoms with Gasteiger partial charge in [-0.25, -0.2) is 4.39 Å². The Morgan fingerprint density at radius 1 is 1.32 bits per heavy atom. The van der Waals surface area contributed by atoms with Crippen LogP contribution in [-0.4, -0.2) is 17.6 Å². The molecule has 2 aromatic carbocycles. The zero-order chi connectivity index (χ0) is 16.1. The summed E-state index contributed by atoms with van der Waals surface area (Å²) in [5, 5.41) is 12.0. The first-order valence-electron chi connectivity index (χ1n) is 6.99. The molecule has 2 rings (SSSR count). The highest BCUT2D eigenvalue weighted by atomic mass is 19.1. The monoisotopic (exact) mass is 303 g/mol. The fourth-order valence-electron chi connectivity index (χ4n) is 2.10. The molecule has 0 aromatic heterocycles. The van der Waals surface area contributed by atoms with Crippen LogP contribution in [0, 0.1) is 12.7 Å². The second kappa shape index (κ2) is 7.04. The van der Waals surface area contributed by atoms with Gasteiger partial charge in [0.25, 0.3) is 5.91 Å². The molecule has 0 aliphatic carbocycles. The Hall–Kier alpha value is -2.40. The molecule has 2 N–H and O–H groups in total. The number of rotatable bonds is 5. The quantitative estimate of drug-likeness (QED) is 0.891. The fraction of sp³-hybridized carbons (Fsp3) is 0.235. The van der Waals surface area contributed by atoms with E-state index < -0.39 is 11.7 Å². The molecule has 4 nitrogen and oxygen atoms in total. The number of hydrogen-bond donors (Lipinski definition) is 2. The second-order valence-corrected chi connectivity index (χ2v) is 4.80. The maximum absolute atomic E-state index is 13.9. The molecule has 2 aromatic rings. The lowest BCUT2D eigenvalue weighted by atomic mass is 10.1. The van der Waals surface area contributed by atoms with E-state index in [0.717, 1.165) is 0 Å². The van der Waals surface area contributed by atoms with Crippen molar-refractivity contribution in [2.75, 3.05) is 11.9 Å². The summed E-state index contributed by atoms with van der Waals surface area (Å²) in [7, 11) is 0. The number of hydrogen-bond acceptors (Lipinski definition) is 3. The van der Waals surface area contributed by atoms with E-state index in [1.54, 1.807) is 37.3 Å². The molecule has 0 heterocycles. The average molecular weight is 303 g/mol. The predicted molar refractivity (Wildman–Crippen MR) is 82.6 cm³/mol. The van der Waals surface area contributed by atoms with Crippen molar-refractivity contribution in [3.05, 3.63) is 58.9 Å². The molecule has 0 unspecified atom stereocenters. The largest absolute Gasteiger partial charge is 0.494 e. The number of ether oxygens (including phenoxy) is 1. The standard InChI is InChI=1S/C17H18FNO3/c1-3-22-15-8-7-13(9-12(15)10-20)19-17(21)14-6-4-5-11(2)16(14)18/h4-9,20H,3,10H2,1-2H3,(H,19,21). The first-order valence-corrected chi connectivity index (χ1v) is 6.99. The molecule has 1 amide bonds. The zero-order valence-corrected chi connectivity index (χ0v) is 12.5. The van der Waals surface area contributed by atoms with Gasteiger partial charge in [0, 0.05) is 11.3 Å². The van der Waals surface area contributed by atoms with E-state index in [1.165, 1.54) is 6.07 Å². The maximum Gasteiger partial charge on any atom is 0.258 e. The van der Waals surface area contributed by atoms with Crippen LogP contribution in [-0.2, 0) is 6.61 Å². The number of amides is 1. The smallest absolute Gasteiger partial charge is 0.258 e. The molecule has 0 saturated carbocycles. The zero-order valence-electron chi connectivity index (χ0n) is 12.5. The average Bonchev–Trinajstić information content (AvgIpc) is 2.51. The van der Waals surface area contributed by atoms with E-state index >= 15 is 0 Å². The molecular weight excluding hydrogens is 285 g/mol. The number of benzene rings is 2. The fourth-order valence-corrected chi connectivity index (χ4v) is 2.10. The summed E-state index contributed by atoms with van der Waals surface area (Å²) in [6.45, 7) is 3.72. The predicted octanol–water partition coefficient (Wildman–Crippen LogP) is 3.28. The van der Waals surface area contributed by atoms with Crippen LogP contribution in [0.1, 0.15) is 28.4 Å². The number of carbonyl (C=O) groups is 1. The SMILES string of the molecule is CCOc1ccc(NC(=O)c2cccc(C)c2F)cc1CO. The maximum atomic E-state index is 13.9. The molecule has 22 heavy (non-hydrogen) atoms. The van der Waals surface area contributed by atoms with Crippen LogP contribution in [0.4, 0.5) is 10.1 Å². The summed E-state index contributed by atoms with van der Waals surface area (Å²) in [4.78, 5) is 12.2. The van der Waals surface area contributed by atoms with Gasteiger partial charge in [-0.05, 0) is 43.7 Å². The minimum absolute atomic E-state index is 0.0144. The minimum Gasteiger partial charge on any atom is -0.494 e. The van der Waals surface area contributed by atoms with Gasteiger partial charge in [0.15, 0.2) is 0 Å². The third-order valence-corrected chi connectivity index (χ3v) is 3.22. The van der Waals surface area contributed by atoms with Crippen molar-refractivity contribution in [3.8, 4) is 5.75 Å². The molecule has 5 heteroatoms. The Bertz CT molecular complexity index is 686. The van der Waals surface area contributed by atoms with Crippen molar-refractivity contribution < 1.29 is 19.0 Å². The Morgan fingerprint density at radius 3 is 2.77 bits per heavy atom. The lowest BCUT2D eigenvalue weighted by Gasteiger charge is -2.12. The van der Waals surface area contributed by atoms with Crippen LogP contribution in [0.3, 0.4) is 0 Å². The Labute approximate surface area is 128 Å². The number of aliphatic hydroxyl groups is 1.